The first kappa shape index (κ1) is 18.2. The quantitative estimate of drug-likeness (QED) is 0.751. The Morgan fingerprint density at radius 2 is 1.73 bits per heavy atom. The Morgan fingerprint density at radius 3 is 2.35 bits per heavy atom. The number of carbonyl (C=O) groups is 1. The minimum Gasteiger partial charge on any atom is -0.478 e. The van der Waals surface area contributed by atoms with Crippen LogP contribution >= 0.6 is 0 Å². The second-order valence-corrected chi connectivity index (χ2v) is 8.31. The summed E-state index contributed by atoms with van der Waals surface area (Å²) in [5.74, 6) is -0.969. The molecule has 3 nitrogen and oxygen atoms in total. The van der Waals surface area contributed by atoms with Crippen LogP contribution in [0.15, 0.2) is 42.3 Å². The van der Waals surface area contributed by atoms with Gasteiger partial charge in [0.05, 0.1) is 11.3 Å². The van der Waals surface area contributed by atoms with Crippen LogP contribution in [-0.4, -0.2) is 16.1 Å². The molecular weight excluding hydrogens is 322 g/mol. The van der Waals surface area contributed by atoms with Crippen LogP contribution in [-0.2, 0) is 10.8 Å². The van der Waals surface area contributed by atoms with Gasteiger partial charge in [-0.15, -0.1) is 5.73 Å². The van der Waals surface area contributed by atoms with E-state index < -0.39 is 5.97 Å². The van der Waals surface area contributed by atoms with Gasteiger partial charge in [-0.3, -0.25) is 4.98 Å². The summed E-state index contributed by atoms with van der Waals surface area (Å²) in [6, 6.07) is 9.90. The Hall–Kier alpha value is -2.64. The van der Waals surface area contributed by atoms with Crippen molar-refractivity contribution >= 4 is 18.1 Å². The lowest BCUT2D eigenvalue weighted by atomic mass is 9.63. The molecule has 0 bridgehead atoms. The van der Waals surface area contributed by atoms with E-state index in [2.05, 4.69) is 56.6 Å². The highest BCUT2D eigenvalue weighted by atomic mass is 16.4. The van der Waals surface area contributed by atoms with E-state index in [0.717, 1.165) is 5.56 Å². The normalized spacial score (nSPS) is 16.9. The molecule has 26 heavy (non-hydrogen) atoms. The molecule has 0 fully saturated rings. The van der Waals surface area contributed by atoms with Crippen molar-refractivity contribution in [3.8, 4) is 0 Å². The highest BCUT2D eigenvalue weighted by molar-refractivity contribution is 5.87. The highest BCUT2D eigenvalue weighted by Gasteiger charge is 2.36. The van der Waals surface area contributed by atoms with Crippen LogP contribution in [0.3, 0.4) is 0 Å². The fourth-order valence-corrected chi connectivity index (χ4v) is 3.54. The average molecular weight is 347 g/mol. The maximum absolute atomic E-state index is 10.9. The van der Waals surface area contributed by atoms with Gasteiger partial charge < -0.3 is 5.11 Å². The lowest BCUT2D eigenvalue weighted by Gasteiger charge is -2.42. The third-order valence-electron chi connectivity index (χ3n) is 5.39. The molecular formula is C23H25NO2. The van der Waals surface area contributed by atoms with Crippen molar-refractivity contribution in [3.63, 3.8) is 0 Å². The molecule has 1 aliphatic rings. The Kier molecular flexibility index (Phi) is 4.60. The number of hydrogen-bond acceptors (Lipinski definition) is 2. The number of benzene rings is 1. The molecule has 1 aromatic heterocycles. The predicted molar refractivity (Wildman–Crippen MR) is 105 cm³/mol. The van der Waals surface area contributed by atoms with Gasteiger partial charge in [0.25, 0.3) is 0 Å². The number of rotatable bonds is 3. The molecule has 0 radical (unpaired) electrons. The van der Waals surface area contributed by atoms with E-state index in [0.29, 0.717) is 5.69 Å². The topological polar surface area (TPSA) is 50.2 Å². The predicted octanol–water partition coefficient (Wildman–Crippen LogP) is 5.45. The van der Waals surface area contributed by atoms with Gasteiger partial charge in [0.15, 0.2) is 0 Å². The molecule has 3 heteroatoms. The molecule has 0 spiro atoms. The molecule has 1 aromatic carbocycles. The highest BCUT2D eigenvalue weighted by Crippen LogP contribution is 2.45. The van der Waals surface area contributed by atoms with Crippen molar-refractivity contribution in [2.75, 3.05) is 0 Å². The molecule has 134 valence electrons. The van der Waals surface area contributed by atoms with Crippen molar-refractivity contribution in [1.82, 2.24) is 4.98 Å². The smallest absolute Gasteiger partial charge is 0.337 e. The van der Waals surface area contributed by atoms with Crippen molar-refractivity contribution in [2.24, 2.45) is 0 Å². The molecule has 1 N–H and O–H groups in total. The van der Waals surface area contributed by atoms with E-state index >= 15 is 0 Å². The zero-order chi connectivity index (χ0) is 18.9. The third kappa shape index (κ3) is 3.63. The summed E-state index contributed by atoms with van der Waals surface area (Å²) in [5, 5.41) is 8.90. The van der Waals surface area contributed by atoms with E-state index in [-0.39, 0.29) is 16.4 Å². The first-order valence-corrected chi connectivity index (χ1v) is 8.96. The SMILES string of the molecule is CC1(C)CCC(C)(C)c2cc(C=C=Cc3ccc(C(=O)O)cn3)ccc21. The molecule has 0 unspecified atom stereocenters. The molecule has 0 saturated carbocycles. The number of aromatic carboxylic acids is 1. The summed E-state index contributed by atoms with van der Waals surface area (Å²) in [6.07, 6.45) is 7.47. The summed E-state index contributed by atoms with van der Waals surface area (Å²) < 4.78 is 0. The van der Waals surface area contributed by atoms with E-state index in [9.17, 15) is 4.79 Å². The van der Waals surface area contributed by atoms with E-state index in [1.807, 2.05) is 6.08 Å². The lowest BCUT2D eigenvalue weighted by molar-refractivity contribution is 0.0696. The number of aromatic nitrogens is 1. The fourth-order valence-electron chi connectivity index (χ4n) is 3.54. The number of hydrogen-bond donors (Lipinski definition) is 1. The number of pyridine rings is 1. The Bertz CT molecular complexity index is 898. The van der Waals surface area contributed by atoms with Gasteiger partial charge in [-0.05, 0) is 58.6 Å². The minimum atomic E-state index is -0.969. The largest absolute Gasteiger partial charge is 0.478 e. The molecule has 0 atom stereocenters. The molecule has 2 aromatic rings. The fraction of sp³-hybridized carbons (Fsp3) is 0.348. The van der Waals surface area contributed by atoms with Crippen molar-refractivity contribution < 1.29 is 9.90 Å². The molecule has 0 amide bonds. The Labute approximate surface area is 155 Å². The summed E-state index contributed by atoms with van der Waals surface area (Å²) in [4.78, 5) is 15.0. The van der Waals surface area contributed by atoms with Crippen molar-refractivity contribution in [1.29, 1.82) is 0 Å². The number of carboxylic acid groups (broad SMARTS) is 1. The van der Waals surface area contributed by atoms with Gasteiger partial charge in [0.2, 0.25) is 0 Å². The number of nitrogens with zero attached hydrogens (tertiary/aromatic N) is 1. The van der Waals surface area contributed by atoms with Crippen LogP contribution in [0.2, 0.25) is 0 Å². The van der Waals surface area contributed by atoms with Gasteiger partial charge in [-0.1, -0.05) is 45.9 Å². The molecule has 1 heterocycles. The van der Waals surface area contributed by atoms with Crippen LogP contribution in [0.25, 0.3) is 12.2 Å². The zero-order valence-electron chi connectivity index (χ0n) is 15.8. The molecule has 3 rings (SSSR count). The van der Waals surface area contributed by atoms with Crippen LogP contribution in [0.5, 0.6) is 0 Å². The maximum Gasteiger partial charge on any atom is 0.337 e. The first-order valence-electron chi connectivity index (χ1n) is 8.96. The molecule has 0 saturated heterocycles. The summed E-state index contributed by atoms with van der Waals surface area (Å²) in [7, 11) is 0. The average Bonchev–Trinajstić information content (AvgIpc) is 2.59. The standard InChI is InChI=1S/C23H25NO2/c1-22(2)12-13-23(3,4)20-14-16(8-11-19(20)22)6-5-7-18-10-9-17(15-24-18)21(25)26/h6-11,14-15H,12-13H2,1-4H3,(H,25,26). The van der Waals surface area contributed by atoms with Crippen LogP contribution in [0.1, 0.15) is 73.3 Å². The number of fused-ring (bicyclic) bond motifs is 1. The van der Waals surface area contributed by atoms with Gasteiger partial charge in [0.1, 0.15) is 0 Å². The third-order valence-corrected chi connectivity index (χ3v) is 5.39. The van der Waals surface area contributed by atoms with Crippen LogP contribution in [0.4, 0.5) is 0 Å². The van der Waals surface area contributed by atoms with Crippen LogP contribution < -0.4 is 0 Å². The molecule has 0 aliphatic heterocycles. The lowest BCUT2D eigenvalue weighted by Crippen LogP contribution is -2.33. The Balaban J connectivity index is 1.89. The van der Waals surface area contributed by atoms with Gasteiger partial charge >= 0.3 is 5.97 Å². The van der Waals surface area contributed by atoms with Gasteiger partial charge in [0, 0.05) is 12.3 Å². The maximum atomic E-state index is 10.9. The minimum absolute atomic E-state index is 0.186. The second-order valence-electron chi connectivity index (χ2n) is 8.31. The van der Waals surface area contributed by atoms with E-state index in [1.54, 1.807) is 18.2 Å². The summed E-state index contributed by atoms with van der Waals surface area (Å²) >= 11 is 0. The Morgan fingerprint density at radius 1 is 1.04 bits per heavy atom. The zero-order valence-corrected chi connectivity index (χ0v) is 15.8. The van der Waals surface area contributed by atoms with Gasteiger partial charge in [-0.25, -0.2) is 4.79 Å². The first-order chi connectivity index (χ1) is 12.2. The van der Waals surface area contributed by atoms with Gasteiger partial charge in [-0.2, -0.15) is 0 Å². The van der Waals surface area contributed by atoms with E-state index in [4.69, 9.17) is 5.11 Å². The monoisotopic (exact) mass is 347 g/mol. The van der Waals surface area contributed by atoms with Crippen molar-refractivity contribution in [2.45, 2.75) is 51.4 Å². The summed E-state index contributed by atoms with van der Waals surface area (Å²) in [6.45, 7) is 9.28. The summed E-state index contributed by atoms with van der Waals surface area (Å²) in [5.41, 5.74) is 8.43. The second kappa shape index (κ2) is 6.59. The molecule has 1 aliphatic carbocycles. The number of carboxylic acids is 1. The van der Waals surface area contributed by atoms with E-state index in [1.165, 1.54) is 30.2 Å². The van der Waals surface area contributed by atoms with Crippen molar-refractivity contribution in [3.05, 3.63) is 70.2 Å². The van der Waals surface area contributed by atoms with Crippen LogP contribution in [0, 0.1) is 0 Å².